The van der Waals surface area contributed by atoms with Gasteiger partial charge in [0.25, 0.3) is 0 Å². The number of esters is 1. The van der Waals surface area contributed by atoms with E-state index in [1.54, 1.807) is 0 Å². The second-order valence-corrected chi connectivity index (χ2v) is 5.02. The van der Waals surface area contributed by atoms with Gasteiger partial charge in [0.05, 0.1) is 19.6 Å². The van der Waals surface area contributed by atoms with E-state index >= 15 is 0 Å². The molecular formula is C16H25NO3. The molecule has 0 radical (unpaired) electrons. The fourth-order valence-electron chi connectivity index (χ4n) is 1.93. The van der Waals surface area contributed by atoms with Crippen LogP contribution in [0.3, 0.4) is 0 Å². The average Bonchev–Trinajstić information content (AvgIpc) is 2.43. The zero-order chi connectivity index (χ0) is 15.0. The Morgan fingerprint density at radius 1 is 1.25 bits per heavy atom. The predicted octanol–water partition coefficient (Wildman–Crippen LogP) is 3.08. The summed E-state index contributed by atoms with van der Waals surface area (Å²) < 4.78 is 10.4. The molecule has 0 spiro atoms. The van der Waals surface area contributed by atoms with Crippen molar-refractivity contribution in [1.29, 1.82) is 0 Å². The Bertz CT molecular complexity index is 401. The second kappa shape index (κ2) is 8.59. The first-order chi connectivity index (χ1) is 9.56. The molecule has 0 bridgehead atoms. The van der Waals surface area contributed by atoms with Crippen LogP contribution in [0.4, 0.5) is 0 Å². The van der Waals surface area contributed by atoms with Crippen LogP contribution in [-0.2, 0) is 9.53 Å². The zero-order valence-corrected chi connectivity index (χ0v) is 12.8. The third-order valence-corrected chi connectivity index (χ3v) is 2.89. The lowest BCUT2D eigenvalue weighted by atomic mass is 10.0. The van der Waals surface area contributed by atoms with Crippen LogP contribution in [0.15, 0.2) is 24.3 Å². The number of carbonyl (C=O) groups excluding carboxylic acids is 1. The van der Waals surface area contributed by atoms with Crippen LogP contribution in [-0.4, -0.2) is 25.7 Å². The minimum Gasteiger partial charge on any atom is -0.491 e. The van der Waals surface area contributed by atoms with Crippen molar-refractivity contribution in [2.75, 3.05) is 13.7 Å². The minimum absolute atomic E-state index is 0.0181. The van der Waals surface area contributed by atoms with E-state index in [-0.39, 0.29) is 18.1 Å². The smallest absolute Gasteiger partial charge is 0.307 e. The number of benzene rings is 1. The van der Waals surface area contributed by atoms with Gasteiger partial charge in [0.1, 0.15) is 5.75 Å². The van der Waals surface area contributed by atoms with Gasteiger partial charge in [-0.05, 0) is 44.5 Å². The van der Waals surface area contributed by atoms with E-state index in [0.29, 0.717) is 6.42 Å². The van der Waals surface area contributed by atoms with Gasteiger partial charge in [-0.1, -0.05) is 19.1 Å². The lowest BCUT2D eigenvalue weighted by Crippen LogP contribution is -2.25. The molecule has 4 nitrogen and oxygen atoms in total. The summed E-state index contributed by atoms with van der Waals surface area (Å²) >= 11 is 0. The van der Waals surface area contributed by atoms with E-state index in [4.69, 9.17) is 9.47 Å². The highest BCUT2D eigenvalue weighted by molar-refractivity contribution is 5.70. The number of hydrogen-bond donors (Lipinski definition) is 1. The fourth-order valence-corrected chi connectivity index (χ4v) is 1.93. The van der Waals surface area contributed by atoms with Gasteiger partial charge < -0.3 is 14.8 Å². The van der Waals surface area contributed by atoms with Crippen molar-refractivity contribution in [3.63, 3.8) is 0 Å². The van der Waals surface area contributed by atoms with Crippen LogP contribution >= 0.6 is 0 Å². The second-order valence-electron chi connectivity index (χ2n) is 5.02. The highest BCUT2D eigenvalue weighted by Gasteiger charge is 2.15. The third-order valence-electron chi connectivity index (χ3n) is 2.89. The molecule has 0 aliphatic carbocycles. The Kier molecular flexibility index (Phi) is 7.09. The van der Waals surface area contributed by atoms with Crippen molar-refractivity contribution in [1.82, 2.24) is 5.32 Å². The zero-order valence-electron chi connectivity index (χ0n) is 12.8. The molecule has 112 valence electrons. The van der Waals surface area contributed by atoms with Gasteiger partial charge in [-0.15, -0.1) is 0 Å². The minimum atomic E-state index is -0.207. The van der Waals surface area contributed by atoms with Crippen LogP contribution in [0.1, 0.15) is 45.2 Å². The van der Waals surface area contributed by atoms with Gasteiger partial charge >= 0.3 is 5.97 Å². The van der Waals surface area contributed by atoms with Crippen LogP contribution in [0.5, 0.6) is 5.75 Å². The number of nitrogens with one attached hydrogen (secondary N) is 1. The summed E-state index contributed by atoms with van der Waals surface area (Å²) in [6, 6.07) is 7.85. The molecule has 1 rings (SSSR count). The SMILES string of the molecule is CCCNC(CC(=O)OC)c1ccc(OC(C)C)cc1. The highest BCUT2D eigenvalue weighted by atomic mass is 16.5. The molecule has 0 aliphatic heterocycles. The Morgan fingerprint density at radius 2 is 1.90 bits per heavy atom. The topological polar surface area (TPSA) is 47.6 Å². The van der Waals surface area contributed by atoms with Gasteiger partial charge in [-0.3, -0.25) is 4.79 Å². The summed E-state index contributed by atoms with van der Waals surface area (Å²) in [7, 11) is 1.42. The molecule has 0 amide bonds. The van der Waals surface area contributed by atoms with Crippen molar-refractivity contribution >= 4 is 5.97 Å². The molecule has 1 aromatic rings. The summed E-state index contributed by atoms with van der Waals surface area (Å²) in [5.74, 6) is 0.636. The van der Waals surface area contributed by atoms with E-state index in [1.165, 1.54) is 7.11 Å². The van der Waals surface area contributed by atoms with Crippen LogP contribution in [0.2, 0.25) is 0 Å². The van der Waals surface area contributed by atoms with Gasteiger partial charge in [0, 0.05) is 6.04 Å². The standard InChI is InChI=1S/C16H25NO3/c1-5-10-17-15(11-16(18)19-4)13-6-8-14(9-7-13)20-12(2)3/h6-9,12,15,17H,5,10-11H2,1-4H3. The number of hydrogen-bond acceptors (Lipinski definition) is 4. The van der Waals surface area contributed by atoms with E-state index in [1.807, 2.05) is 38.1 Å². The number of carbonyl (C=O) groups is 1. The average molecular weight is 279 g/mol. The number of ether oxygens (including phenoxy) is 2. The molecule has 4 heteroatoms. The van der Waals surface area contributed by atoms with E-state index in [2.05, 4.69) is 12.2 Å². The largest absolute Gasteiger partial charge is 0.491 e. The molecule has 0 fully saturated rings. The van der Waals surface area contributed by atoms with Gasteiger partial charge in [0.2, 0.25) is 0 Å². The predicted molar refractivity (Wildman–Crippen MR) is 79.9 cm³/mol. The van der Waals surface area contributed by atoms with Crippen LogP contribution in [0, 0.1) is 0 Å². The molecule has 0 aromatic heterocycles. The molecule has 1 N–H and O–H groups in total. The maximum absolute atomic E-state index is 11.5. The highest BCUT2D eigenvalue weighted by Crippen LogP contribution is 2.21. The number of rotatable bonds is 8. The Morgan fingerprint density at radius 3 is 2.40 bits per heavy atom. The summed E-state index contributed by atoms with van der Waals surface area (Å²) in [4.78, 5) is 11.5. The summed E-state index contributed by atoms with van der Waals surface area (Å²) in [6.07, 6.45) is 1.51. The van der Waals surface area contributed by atoms with E-state index in [0.717, 1.165) is 24.3 Å². The molecule has 20 heavy (non-hydrogen) atoms. The quantitative estimate of drug-likeness (QED) is 0.743. The fraction of sp³-hybridized carbons (Fsp3) is 0.562. The van der Waals surface area contributed by atoms with Crippen molar-refractivity contribution in [3.8, 4) is 5.75 Å². The maximum Gasteiger partial charge on any atom is 0.307 e. The first kappa shape index (κ1) is 16.5. The van der Waals surface area contributed by atoms with Crippen LogP contribution in [0.25, 0.3) is 0 Å². The molecule has 0 saturated heterocycles. The Balaban J connectivity index is 2.76. The first-order valence-corrected chi connectivity index (χ1v) is 7.13. The Labute approximate surface area is 121 Å². The van der Waals surface area contributed by atoms with Gasteiger partial charge in [-0.25, -0.2) is 0 Å². The van der Waals surface area contributed by atoms with Gasteiger partial charge in [0.15, 0.2) is 0 Å². The van der Waals surface area contributed by atoms with Gasteiger partial charge in [-0.2, -0.15) is 0 Å². The monoisotopic (exact) mass is 279 g/mol. The summed E-state index contributed by atoms with van der Waals surface area (Å²) in [6.45, 7) is 6.96. The first-order valence-electron chi connectivity index (χ1n) is 7.13. The summed E-state index contributed by atoms with van der Waals surface area (Å²) in [5.41, 5.74) is 1.07. The van der Waals surface area contributed by atoms with Crippen LogP contribution < -0.4 is 10.1 Å². The molecule has 0 heterocycles. The van der Waals surface area contributed by atoms with E-state index < -0.39 is 0 Å². The van der Waals surface area contributed by atoms with Crippen molar-refractivity contribution in [2.24, 2.45) is 0 Å². The number of methoxy groups -OCH3 is 1. The molecule has 1 unspecified atom stereocenters. The maximum atomic E-state index is 11.5. The Hall–Kier alpha value is -1.55. The molecule has 1 aromatic carbocycles. The lowest BCUT2D eigenvalue weighted by molar-refractivity contribution is -0.141. The third kappa shape index (κ3) is 5.61. The lowest BCUT2D eigenvalue weighted by Gasteiger charge is -2.18. The van der Waals surface area contributed by atoms with Crippen molar-refractivity contribution < 1.29 is 14.3 Å². The normalized spacial score (nSPS) is 12.2. The molecule has 0 saturated carbocycles. The van der Waals surface area contributed by atoms with Crippen molar-refractivity contribution in [3.05, 3.63) is 29.8 Å². The molecule has 1 atom stereocenters. The molecular weight excluding hydrogens is 254 g/mol. The molecule has 0 aliphatic rings. The van der Waals surface area contributed by atoms with Crippen molar-refractivity contribution in [2.45, 2.75) is 45.8 Å². The summed E-state index contributed by atoms with van der Waals surface area (Å²) in [5, 5.41) is 3.37. The van der Waals surface area contributed by atoms with E-state index in [9.17, 15) is 4.79 Å².